The van der Waals surface area contributed by atoms with Crippen molar-refractivity contribution < 1.29 is 8.42 Å². The highest BCUT2D eigenvalue weighted by molar-refractivity contribution is 7.71. The molecule has 0 aliphatic heterocycles. The van der Waals surface area contributed by atoms with Crippen LogP contribution in [0, 0.1) is 6.92 Å². The Morgan fingerprint density at radius 1 is 1.42 bits per heavy atom. The molecule has 0 heterocycles. The zero-order valence-corrected chi connectivity index (χ0v) is 7.94. The van der Waals surface area contributed by atoms with E-state index in [1.165, 1.54) is 0 Å². The normalized spacial score (nSPS) is 10.6. The molecule has 0 aromatic heterocycles. The number of hydrogen-bond donors (Lipinski definition) is 1. The van der Waals surface area contributed by atoms with Gasteiger partial charge in [0.15, 0.2) is 0 Å². The maximum Gasteiger partial charge on any atom is 0.144 e. The number of rotatable bonds is 2. The molecular formula is C8H8ClO2S. The van der Waals surface area contributed by atoms with Crippen molar-refractivity contribution >= 4 is 22.3 Å². The van der Waals surface area contributed by atoms with E-state index in [-0.39, 0.29) is 5.75 Å². The van der Waals surface area contributed by atoms with Crippen molar-refractivity contribution in [3.05, 3.63) is 41.3 Å². The van der Waals surface area contributed by atoms with E-state index >= 15 is 0 Å². The van der Waals surface area contributed by atoms with Crippen LogP contribution in [0.25, 0.3) is 0 Å². The van der Waals surface area contributed by atoms with Crippen LogP contribution in [0.15, 0.2) is 18.2 Å². The van der Waals surface area contributed by atoms with Crippen molar-refractivity contribution in [2.45, 2.75) is 5.75 Å². The fourth-order valence-corrected chi connectivity index (χ4v) is 1.49. The Morgan fingerprint density at radius 3 is 2.58 bits per heavy atom. The number of hydrogen-bond acceptors (Lipinski definition) is 2. The van der Waals surface area contributed by atoms with Crippen LogP contribution in [0.5, 0.6) is 0 Å². The predicted molar refractivity (Wildman–Crippen MR) is 49.9 cm³/mol. The van der Waals surface area contributed by atoms with Gasteiger partial charge >= 0.3 is 0 Å². The lowest BCUT2D eigenvalue weighted by atomic mass is 10.2. The van der Waals surface area contributed by atoms with Crippen LogP contribution < -0.4 is 0 Å². The highest BCUT2D eigenvalue weighted by Crippen LogP contribution is 2.16. The summed E-state index contributed by atoms with van der Waals surface area (Å²) < 4.78 is 20.7. The first-order chi connectivity index (χ1) is 5.59. The standard InChI is InChI=1S/C8H8ClO2S/c1-6-4-7(5-12(10)11)2-3-8(6)9/h2-4,12H,1,5H2. The molecule has 12 heavy (non-hydrogen) atoms. The molecule has 0 aliphatic carbocycles. The predicted octanol–water partition coefficient (Wildman–Crippen LogP) is 1.63. The minimum atomic E-state index is -2.37. The zero-order valence-electron chi connectivity index (χ0n) is 6.29. The molecule has 65 valence electrons. The van der Waals surface area contributed by atoms with Gasteiger partial charge in [0.1, 0.15) is 10.7 Å². The summed E-state index contributed by atoms with van der Waals surface area (Å²) in [7, 11) is -2.37. The second-order valence-corrected chi connectivity index (χ2v) is 3.81. The topological polar surface area (TPSA) is 34.1 Å². The van der Waals surface area contributed by atoms with Gasteiger partial charge < -0.3 is 0 Å². The summed E-state index contributed by atoms with van der Waals surface area (Å²) in [5.74, 6) is 0.0506. The van der Waals surface area contributed by atoms with Gasteiger partial charge in [0.05, 0.1) is 5.75 Å². The van der Waals surface area contributed by atoms with Gasteiger partial charge in [0.25, 0.3) is 0 Å². The molecule has 0 saturated carbocycles. The Balaban J connectivity index is 2.97. The Hall–Kier alpha value is -0.540. The third-order valence-corrected chi connectivity index (χ3v) is 2.41. The summed E-state index contributed by atoms with van der Waals surface area (Å²) >= 11 is 5.70. The Bertz CT molecular complexity index is 350. The van der Waals surface area contributed by atoms with Gasteiger partial charge in [-0.2, -0.15) is 0 Å². The zero-order chi connectivity index (χ0) is 9.14. The van der Waals surface area contributed by atoms with Gasteiger partial charge in [-0.15, -0.1) is 0 Å². The average Bonchev–Trinajstić information content (AvgIpc) is 1.96. The molecule has 1 rings (SSSR count). The van der Waals surface area contributed by atoms with Crippen molar-refractivity contribution in [1.82, 2.24) is 0 Å². The lowest BCUT2D eigenvalue weighted by Crippen LogP contribution is -1.87. The molecule has 0 bridgehead atoms. The van der Waals surface area contributed by atoms with Gasteiger partial charge in [-0.3, -0.25) is 0 Å². The number of thiol groups is 1. The summed E-state index contributed by atoms with van der Waals surface area (Å²) in [6.07, 6.45) is 0. The molecule has 0 spiro atoms. The first-order valence-corrected chi connectivity index (χ1v) is 5.06. The van der Waals surface area contributed by atoms with Crippen molar-refractivity contribution in [2.24, 2.45) is 0 Å². The summed E-state index contributed by atoms with van der Waals surface area (Å²) in [4.78, 5) is 0. The van der Waals surface area contributed by atoms with Gasteiger partial charge in [-0.25, -0.2) is 8.42 Å². The largest absolute Gasteiger partial charge is 0.232 e. The summed E-state index contributed by atoms with van der Waals surface area (Å²) in [6.45, 7) is 3.66. The Kier molecular flexibility index (Phi) is 3.12. The minimum absolute atomic E-state index is 0.0506. The molecule has 1 aromatic rings. The van der Waals surface area contributed by atoms with Crippen LogP contribution >= 0.6 is 11.6 Å². The fourth-order valence-electron chi connectivity index (χ4n) is 0.876. The van der Waals surface area contributed by atoms with Gasteiger partial charge in [-0.1, -0.05) is 23.7 Å². The van der Waals surface area contributed by atoms with E-state index in [0.29, 0.717) is 10.6 Å². The van der Waals surface area contributed by atoms with Crippen molar-refractivity contribution in [3.8, 4) is 0 Å². The van der Waals surface area contributed by atoms with E-state index in [1.54, 1.807) is 18.2 Å². The van der Waals surface area contributed by atoms with Crippen LogP contribution in [0.2, 0.25) is 5.02 Å². The number of halogens is 1. The molecular weight excluding hydrogens is 196 g/mol. The molecule has 4 heteroatoms. The molecule has 1 aromatic carbocycles. The second kappa shape index (κ2) is 3.92. The highest BCUT2D eigenvalue weighted by Gasteiger charge is 1.98. The van der Waals surface area contributed by atoms with Crippen LogP contribution in [0.1, 0.15) is 11.1 Å². The van der Waals surface area contributed by atoms with Gasteiger partial charge in [-0.05, 0) is 24.1 Å². The summed E-state index contributed by atoms with van der Waals surface area (Å²) in [5, 5.41) is 0.555. The molecule has 0 aliphatic rings. The lowest BCUT2D eigenvalue weighted by molar-refractivity contribution is 0.614. The molecule has 0 unspecified atom stereocenters. The molecule has 0 N–H and O–H groups in total. The SMILES string of the molecule is [CH2]c1cc(C[SH](=O)=O)ccc1Cl. The van der Waals surface area contributed by atoms with Crippen LogP contribution in [0.4, 0.5) is 0 Å². The molecule has 2 nitrogen and oxygen atoms in total. The van der Waals surface area contributed by atoms with E-state index in [0.717, 1.165) is 5.56 Å². The lowest BCUT2D eigenvalue weighted by Gasteiger charge is -1.99. The molecule has 0 saturated heterocycles. The second-order valence-electron chi connectivity index (χ2n) is 2.42. The van der Waals surface area contributed by atoms with Crippen LogP contribution in [0.3, 0.4) is 0 Å². The van der Waals surface area contributed by atoms with Crippen LogP contribution in [-0.2, 0) is 16.5 Å². The Labute approximate surface area is 78.1 Å². The fraction of sp³-hybridized carbons (Fsp3) is 0.125. The monoisotopic (exact) mass is 203 g/mol. The summed E-state index contributed by atoms with van der Waals surface area (Å²) in [5.41, 5.74) is 1.38. The smallest absolute Gasteiger partial charge is 0.144 e. The first kappa shape index (κ1) is 9.55. The van der Waals surface area contributed by atoms with Crippen molar-refractivity contribution in [3.63, 3.8) is 0 Å². The Morgan fingerprint density at radius 2 is 2.08 bits per heavy atom. The maximum atomic E-state index is 10.3. The number of benzene rings is 1. The molecule has 0 fully saturated rings. The van der Waals surface area contributed by atoms with E-state index < -0.39 is 10.7 Å². The average molecular weight is 204 g/mol. The van der Waals surface area contributed by atoms with Crippen LogP contribution in [-0.4, -0.2) is 8.42 Å². The first-order valence-electron chi connectivity index (χ1n) is 3.32. The molecule has 0 atom stereocenters. The van der Waals surface area contributed by atoms with Gasteiger partial charge in [0, 0.05) is 5.02 Å². The van der Waals surface area contributed by atoms with E-state index in [1.807, 2.05) is 0 Å². The molecule has 1 radical (unpaired) electrons. The summed E-state index contributed by atoms with van der Waals surface area (Å²) in [6, 6.07) is 5.01. The van der Waals surface area contributed by atoms with Crippen molar-refractivity contribution in [1.29, 1.82) is 0 Å². The minimum Gasteiger partial charge on any atom is -0.232 e. The molecule has 0 amide bonds. The van der Waals surface area contributed by atoms with E-state index in [9.17, 15) is 8.42 Å². The quantitative estimate of drug-likeness (QED) is 0.742. The highest BCUT2D eigenvalue weighted by atomic mass is 35.5. The van der Waals surface area contributed by atoms with E-state index in [4.69, 9.17) is 11.6 Å². The van der Waals surface area contributed by atoms with E-state index in [2.05, 4.69) is 6.92 Å². The maximum absolute atomic E-state index is 10.3. The van der Waals surface area contributed by atoms with Gasteiger partial charge in [0.2, 0.25) is 0 Å². The third kappa shape index (κ3) is 2.50. The van der Waals surface area contributed by atoms with Crippen molar-refractivity contribution in [2.75, 3.05) is 0 Å². The third-order valence-electron chi connectivity index (χ3n) is 1.42.